The first-order valence-electron chi connectivity index (χ1n) is 8.78. The van der Waals surface area contributed by atoms with E-state index >= 15 is 0 Å². The largest absolute Gasteiger partial charge is 0.370 e. The molecule has 1 aliphatic rings. The zero-order valence-corrected chi connectivity index (χ0v) is 14.7. The summed E-state index contributed by atoms with van der Waals surface area (Å²) in [7, 11) is 0. The monoisotopic (exact) mass is 366 g/mol. The average molecular weight is 366 g/mol. The quantitative estimate of drug-likeness (QED) is 0.712. The summed E-state index contributed by atoms with van der Waals surface area (Å²) in [4.78, 5) is 18.8. The summed E-state index contributed by atoms with van der Waals surface area (Å²) in [6.45, 7) is 1.62. The third kappa shape index (κ3) is 3.73. The van der Waals surface area contributed by atoms with Gasteiger partial charge < -0.3 is 9.64 Å². The van der Waals surface area contributed by atoms with Crippen molar-refractivity contribution in [2.45, 2.75) is 12.6 Å². The molecule has 1 atom stereocenters. The lowest BCUT2D eigenvalue weighted by Crippen LogP contribution is -2.42. The highest BCUT2D eigenvalue weighted by atomic mass is 19.1. The first kappa shape index (κ1) is 17.4. The molecule has 1 fully saturated rings. The second kappa shape index (κ2) is 7.67. The number of hydrogen-bond donors (Lipinski definition) is 0. The number of benzene rings is 2. The van der Waals surface area contributed by atoms with Crippen LogP contribution in [0.15, 0.2) is 61.2 Å². The van der Waals surface area contributed by atoms with Gasteiger partial charge in [-0.2, -0.15) is 5.10 Å². The lowest BCUT2D eigenvalue weighted by molar-refractivity contribution is -0.0243. The SMILES string of the molecule is O=C(c1ccccc1Cn1cncn1)N1CCOC(c2ccccc2F)C1. The van der Waals surface area contributed by atoms with Gasteiger partial charge in [-0.1, -0.05) is 36.4 Å². The van der Waals surface area contributed by atoms with Crippen molar-refractivity contribution in [3.8, 4) is 0 Å². The number of ether oxygens (including phenoxy) is 1. The van der Waals surface area contributed by atoms with E-state index < -0.39 is 6.10 Å². The highest BCUT2D eigenvalue weighted by Crippen LogP contribution is 2.26. The Kier molecular flexibility index (Phi) is 4.93. The molecular weight excluding hydrogens is 347 g/mol. The number of halogens is 1. The van der Waals surface area contributed by atoms with Crippen molar-refractivity contribution in [1.82, 2.24) is 19.7 Å². The molecule has 7 heteroatoms. The summed E-state index contributed by atoms with van der Waals surface area (Å²) in [6.07, 6.45) is 2.61. The zero-order chi connectivity index (χ0) is 18.6. The molecule has 6 nitrogen and oxygen atoms in total. The standard InChI is InChI=1S/C20H19FN4O2/c21-18-8-4-3-7-17(18)19-12-24(9-10-27-19)20(26)16-6-2-1-5-15(16)11-25-14-22-13-23-25/h1-8,13-14,19H,9-12H2. The number of aromatic nitrogens is 3. The summed E-state index contributed by atoms with van der Waals surface area (Å²) >= 11 is 0. The Morgan fingerprint density at radius 3 is 2.81 bits per heavy atom. The Morgan fingerprint density at radius 2 is 2.00 bits per heavy atom. The molecule has 0 bridgehead atoms. The maximum Gasteiger partial charge on any atom is 0.254 e. The van der Waals surface area contributed by atoms with Crippen LogP contribution in [0.3, 0.4) is 0 Å². The van der Waals surface area contributed by atoms with Crippen molar-refractivity contribution in [3.63, 3.8) is 0 Å². The average Bonchev–Trinajstić information content (AvgIpc) is 3.21. The summed E-state index contributed by atoms with van der Waals surface area (Å²) in [5.41, 5.74) is 1.95. The molecule has 0 spiro atoms. The van der Waals surface area contributed by atoms with Crippen LogP contribution in [0.5, 0.6) is 0 Å². The molecule has 1 aromatic heterocycles. The van der Waals surface area contributed by atoms with E-state index in [2.05, 4.69) is 10.1 Å². The van der Waals surface area contributed by atoms with Gasteiger partial charge in [0.05, 0.1) is 19.7 Å². The van der Waals surface area contributed by atoms with Crippen molar-refractivity contribution in [3.05, 3.63) is 83.7 Å². The number of rotatable bonds is 4. The molecule has 2 aromatic carbocycles. The first-order valence-corrected chi connectivity index (χ1v) is 8.78. The highest BCUT2D eigenvalue weighted by molar-refractivity contribution is 5.95. The van der Waals surface area contributed by atoms with E-state index in [0.717, 1.165) is 5.56 Å². The maximum atomic E-state index is 14.1. The van der Waals surface area contributed by atoms with Crippen molar-refractivity contribution in [1.29, 1.82) is 0 Å². The molecule has 3 aromatic rings. The van der Waals surface area contributed by atoms with Crippen molar-refractivity contribution in [2.24, 2.45) is 0 Å². The van der Waals surface area contributed by atoms with Gasteiger partial charge in [-0.3, -0.25) is 4.79 Å². The van der Waals surface area contributed by atoms with Crippen LogP contribution >= 0.6 is 0 Å². The van der Waals surface area contributed by atoms with Gasteiger partial charge in [0.1, 0.15) is 24.6 Å². The van der Waals surface area contributed by atoms with Gasteiger partial charge in [0.15, 0.2) is 0 Å². The molecule has 0 saturated carbocycles. The van der Waals surface area contributed by atoms with Gasteiger partial charge in [-0.05, 0) is 17.7 Å². The zero-order valence-electron chi connectivity index (χ0n) is 14.7. The fourth-order valence-electron chi connectivity index (χ4n) is 3.28. The van der Waals surface area contributed by atoms with Crippen molar-refractivity contribution < 1.29 is 13.9 Å². The number of hydrogen-bond acceptors (Lipinski definition) is 4. The third-order valence-electron chi connectivity index (χ3n) is 4.65. The van der Waals surface area contributed by atoms with Gasteiger partial charge in [0.2, 0.25) is 0 Å². The Labute approximate surface area is 156 Å². The van der Waals surface area contributed by atoms with Gasteiger partial charge in [0, 0.05) is 17.7 Å². The second-order valence-electron chi connectivity index (χ2n) is 6.38. The van der Waals surface area contributed by atoms with Crippen molar-refractivity contribution >= 4 is 5.91 Å². The first-order chi connectivity index (χ1) is 13.2. The molecule has 2 heterocycles. The Bertz CT molecular complexity index is 929. The fourth-order valence-corrected chi connectivity index (χ4v) is 3.28. The van der Waals surface area contributed by atoms with E-state index in [4.69, 9.17) is 4.74 Å². The van der Waals surface area contributed by atoms with Crippen LogP contribution in [-0.4, -0.2) is 45.3 Å². The van der Waals surface area contributed by atoms with E-state index in [-0.39, 0.29) is 11.7 Å². The molecule has 1 aliphatic heterocycles. The van der Waals surface area contributed by atoms with E-state index in [1.807, 2.05) is 24.3 Å². The van der Waals surface area contributed by atoms with Gasteiger partial charge in [-0.15, -0.1) is 0 Å². The van der Waals surface area contributed by atoms with Crippen LogP contribution in [0.2, 0.25) is 0 Å². The van der Waals surface area contributed by atoms with Gasteiger partial charge in [-0.25, -0.2) is 14.1 Å². The van der Waals surface area contributed by atoms with E-state index in [9.17, 15) is 9.18 Å². The molecule has 138 valence electrons. The predicted molar refractivity (Wildman–Crippen MR) is 96.6 cm³/mol. The number of carbonyl (C=O) groups excluding carboxylic acids is 1. The van der Waals surface area contributed by atoms with Gasteiger partial charge in [0.25, 0.3) is 5.91 Å². The minimum absolute atomic E-state index is 0.0876. The lowest BCUT2D eigenvalue weighted by Gasteiger charge is -2.33. The van der Waals surface area contributed by atoms with E-state index in [1.165, 1.54) is 12.4 Å². The van der Waals surface area contributed by atoms with Crippen LogP contribution in [0, 0.1) is 5.82 Å². The molecule has 27 heavy (non-hydrogen) atoms. The molecule has 1 unspecified atom stereocenters. The molecule has 0 aliphatic carbocycles. The summed E-state index contributed by atoms with van der Waals surface area (Å²) < 4.78 is 21.5. The van der Waals surface area contributed by atoms with Gasteiger partial charge >= 0.3 is 0 Å². The third-order valence-corrected chi connectivity index (χ3v) is 4.65. The number of morpholine rings is 1. The molecule has 0 N–H and O–H groups in total. The molecule has 4 rings (SSSR count). The maximum absolute atomic E-state index is 14.1. The van der Waals surface area contributed by atoms with Crippen LogP contribution in [0.4, 0.5) is 4.39 Å². The Balaban J connectivity index is 1.55. The molecular formula is C20H19FN4O2. The smallest absolute Gasteiger partial charge is 0.254 e. The molecule has 1 amide bonds. The normalized spacial score (nSPS) is 17.1. The summed E-state index contributed by atoms with van der Waals surface area (Å²) in [5, 5.41) is 4.10. The summed E-state index contributed by atoms with van der Waals surface area (Å²) in [6, 6.07) is 14.0. The number of amides is 1. The number of carbonyl (C=O) groups is 1. The van der Waals surface area contributed by atoms with Crippen molar-refractivity contribution in [2.75, 3.05) is 19.7 Å². The predicted octanol–water partition coefficient (Wildman–Crippen LogP) is 2.68. The van der Waals surface area contributed by atoms with Crippen LogP contribution < -0.4 is 0 Å². The summed E-state index contributed by atoms with van der Waals surface area (Å²) in [5.74, 6) is -0.404. The minimum atomic E-state index is -0.466. The minimum Gasteiger partial charge on any atom is -0.370 e. The Morgan fingerprint density at radius 1 is 1.19 bits per heavy atom. The second-order valence-corrected chi connectivity index (χ2v) is 6.38. The van der Waals surface area contributed by atoms with Crippen LogP contribution in [0.1, 0.15) is 27.6 Å². The lowest BCUT2D eigenvalue weighted by atomic mass is 10.0. The van der Waals surface area contributed by atoms with Crippen LogP contribution in [-0.2, 0) is 11.3 Å². The van der Waals surface area contributed by atoms with E-state index in [0.29, 0.717) is 37.4 Å². The Hall–Kier alpha value is -3.06. The topological polar surface area (TPSA) is 60.2 Å². The van der Waals surface area contributed by atoms with E-state index in [1.54, 1.807) is 34.1 Å². The highest BCUT2D eigenvalue weighted by Gasteiger charge is 2.28. The molecule has 1 saturated heterocycles. The van der Waals surface area contributed by atoms with Crippen LogP contribution in [0.25, 0.3) is 0 Å². The number of nitrogens with zero attached hydrogens (tertiary/aromatic N) is 4. The molecule has 0 radical (unpaired) electrons. The fraction of sp³-hybridized carbons (Fsp3) is 0.250.